The first-order chi connectivity index (χ1) is 12.6. The van der Waals surface area contributed by atoms with Gasteiger partial charge in [0.25, 0.3) is 11.8 Å². The lowest BCUT2D eigenvalue weighted by atomic mass is 10.1. The number of hydrogen-bond donors (Lipinski definition) is 3. The number of imidazole rings is 1. The van der Waals surface area contributed by atoms with E-state index in [0.717, 1.165) is 16.7 Å². The van der Waals surface area contributed by atoms with Gasteiger partial charge in [-0.25, -0.2) is 4.98 Å². The maximum atomic E-state index is 12.4. The van der Waals surface area contributed by atoms with Crippen LogP contribution in [0.4, 0.5) is 0 Å². The molecule has 0 unspecified atom stereocenters. The average Bonchev–Trinajstić information content (AvgIpc) is 3.15. The van der Waals surface area contributed by atoms with Gasteiger partial charge in [0, 0.05) is 13.1 Å². The van der Waals surface area contributed by atoms with E-state index >= 15 is 0 Å². The summed E-state index contributed by atoms with van der Waals surface area (Å²) in [5.41, 5.74) is 3.33. The number of amides is 2. The normalized spacial score (nSPS) is 10.3. The molecule has 132 valence electrons. The molecule has 0 radical (unpaired) electrons. The number of H-pyrrole nitrogens is 1. The SMILES string of the molecule is Cc1cccc(CNC(=O)c2[nH]cnc2C(=O)NCc2ccccc2)c1. The molecule has 6 nitrogen and oxygen atoms in total. The highest BCUT2D eigenvalue weighted by Gasteiger charge is 2.20. The molecule has 1 heterocycles. The van der Waals surface area contributed by atoms with Crippen molar-refractivity contribution in [1.29, 1.82) is 0 Å². The molecular weight excluding hydrogens is 328 g/mol. The summed E-state index contributed by atoms with van der Waals surface area (Å²) in [6, 6.07) is 17.4. The molecule has 0 spiro atoms. The molecule has 0 saturated heterocycles. The highest BCUT2D eigenvalue weighted by atomic mass is 16.2. The maximum absolute atomic E-state index is 12.4. The molecule has 2 aromatic carbocycles. The van der Waals surface area contributed by atoms with Gasteiger partial charge in [0.1, 0.15) is 5.69 Å². The van der Waals surface area contributed by atoms with Gasteiger partial charge in [0.2, 0.25) is 0 Å². The predicted molar refractivity (Wildman–Crippen MR) is 98.5 cm³/mol. The largest absolute Gasteiger partial charge is 0.347 e. The molecule has 2 amide bonds. The molecular formula is C20H20N4O2. The molecule has 0 fully saturated rings. The van der Waals surface area contributed by atoms with Crippen molar-refractivity contribution in [2.75, 3.05) is 0 Å². The summed E-state index contributed by atoms with van der Waals surface area (Å²) >= 11 is 0. The van der Waals surface area contributed by atoms with Gasteiger partial charge in [0.15, 0.2) is 5.69 Å². The lowest BCUT2D eigenvalue weighted by molar-refractivity contribution is 0.0911. The van der Waals surface area contributed by atoms with Crippen molar-refractivity contribution >= 4 is 11.8 Å². The lowest BCUT2D eigenvalue weighted by Crippen LogP contribution is -2.29. The van der Waals surface area contributed by atoms with Crippen LogP contribution in [0.1, 0.15) is 37.7 Å². The first-order valence-corrected chi connectivity index (χ1v) is 8.32. The first kappa shape index (κ1) is 17.4. The first-order valence-electron chi connectivity index (χ1n) is 8.32. The van der Waals surface area contributed by atoms with Crippen LogP contribution < -0.4 is 10.6 Å². The number of aryl methyl sites for hydroxylation is 1. The van der Waals surface area contributed by atoms with Crippen LogP contribution in [-0.4, -0.2) is 21.8 Å². The second kappa shape index (κ2) is 8.11. The van der Waals surface area contributed by atoms with Crippen LogP contribution in [0.2, 0.25) is 0 Å². The van der Waals surface area contributed by atoms with Crippen molar-refractivity contribution in [3.8, 4) is 0 Å². The van der Waals surface area contributed by atoms with Gasteiger partial charge in [-0.05, 0) is 18.1 Å². The van der Waals surface area contributed by atoms with E-state index in [1.54, 1.807) is 0 Å². The van der Waals surface area contributed by atoms with Crippen LogP contribution in [0.5, 0.6) is 0 Å². The van der Waals surface area contributed by atoms with Crippen molar-refractivity contribution in [3.63, 3.8) is 0 Å². The zero-order valence-corrected chi connectivity index (χ0v) is 14.5. The Morgan fingerprint density at radius 3 is 2.38 bits per heavy atom. The third-order valence-electron chi connectivity index (χ3n) is 3.91. The van der Waals surface area contributed by atoms with Gasteiger partial charge < -0.3 is 15.6 Å². The summed E-state index contributed by atoms with van der Waals surface area (Å²) in [6.45, 7) is 2.75. The van der Waals surface area contributed by atoms with E-state index in [4.69, 9.17) is 0 Å². The number of carbonyl (C=O) groups excluding carboxylic acids is 2. The Hall–Kier alpha value is -3.41. The van der Waals surface area contributed by atoms with Crippen LogP contribution in [0.15, 0.2) is 60.9 Å². The van der Waals surface area contributed by atoms with Crippen molar-refractivity contribution < 1.29 is 9.59 Å². The third-order valence-corrected chi connectivity index (χ3v) is 3.91. The van der Waals surface area contributed by atoms with E-state index in [9.17, 15) is 9.59 Å². The Bertz CT molecular complexity index is 903. The standard InChI is InChI=1S/C20H20N4O2/c1-14-6-5-9-16(10-14)12-22-20(26)18-17(23-13-24-18)19(25)21-11-15-7-3-2-4-8-15/h2-10,13H,11-12H2,1H3,(H,21,25)(H,22,26)(H,23,24). The maximum Gasteiger partial charge on any atom is 0.272 e. The Morgan fingerprint density at radius 2 is 1.62 bits per heavy atom. The van der Waals surface area contributed by atoms with E-state index in [2.05, 4.69) is 20.6 Å². The van der Waals surface area contributed by atoms with Gasteiger partial charge >= 0.3 is 0 Å². The van der Waals surface area contributed by atoms with Crippen LogP contribution >= 0.6 is 0 Å². The molecule has 0 saturated carbocycles. The Morgan fingerprint density at radius 1 is 0.923 bits per heavy atom. The molecule has 0 atom stereocenters. The van der Waals surface area contributed by atoms with Gasteiger partial charge in [-0.2, -0.15) is 0 Å². The number of carbonyl (C=O) groups is 2. The molecule has 3 N–H and O–H groups in total. The monoisotopic (exact) mass is 348 g/mol. The number of benzene rings is 2. The number of hydrogen-bond acceptors (Lipinski definition) is 3. The summed E-state index contributed by atoms with van der Waals surface area (Å²) in [7, 11) is 0. The average molecular weight is 348 g/mol. The number of rotatable bonds is 6. The van der Waals surface area contributed by atoms with E-state index in [1.807, 2.05) is 61.5 Å². The highest BCUT2D eigenvalue weighted by Crippen LogP contribution is 2.07. The zero-order chi connectivity index (χ0) is 18.4. The highest BCUT2D eigenvalue weighted by molar-refractivity contribution is 6.04. The van der Waals surface area contributed by atoms with Crippen LogP contribution in [0.3, 0.4) is 0 Å². The van der Waals surface area contributed by atoms with E-state index in [1.165, 1.54) is 6.33 Å². The molecule has 3 aromatic rings. The fourth-order valence-corrected chi connectivity index (χ4v) is 2.59. The van der Waals surface area contributed by atoms with Crippen molar-refractivity contribution in [1.82, 2.24) is 20.6 Å². The van der Waals surface area contributed by atoms with Crippen LogP contribution in [0.25, 0.3) is 0 Å². The minimum absolute atomic E-state index is 0.0858. The van der Waals surface area contributed by atoms with Gasteiger partial charge in [-0.1, -0.05) is 60.2 Å². The molecule has 0 bridgehead atoms. The second-order valence-corrected chi connectivity index (χ2v) is 5.97. The molecule has 0 aliphatic carbocycles. The minimum atomic E-state index is -0.393. The number of nitrogens with one attached hydrogen (secondary N) is 3. The van der Waals surface area contributed by atoms with Crippen LogP contribution in [0, 0.1) is 6.92 Å². The molecule has 1 aromatic heterocycles. The molecule has 0 aliphatic rings. The van der Waals surface area contributed by atoms with E-state index < -0.39 is 5.91 Å². The summed E-state index contributed by atoms with van der Waals surface area (Å²) in [6.07, 6.45) is 1.35. The third kappa shape index (κ3) is 4.36. The quantitative estimate of drug-likeness (QED) is 0.640. The van der Waals surface area contributed by atoms with Crippen molar-refractivity contribution in [2.45, 2.75) is 20.0 Å². The van der Waals surface area contributed by atoms with E-state index in [-0.39, 0.29) is 17.3 Å². The van der Waals surface area contributed by atoms with Crippen LogP contribution in [-0.2, 0) is 13.1 Å². The fraction of sp³-hybridized carbons (Fsp3) is 0.150. The topological polar surface area (TPSA) is 86.9 Å². The fourth-order valence-electron chi connectivity index (χ4n) is 2.59. The molecule has 3 rings (SSSR count). The Balaban J connectivity index is 1.61. The molecule has 6 heteroatoms. The second-order valence-electron chi connectivity index (χ2n) is 5.97. The smallest absolute Gasteiger partial charge is 0.272 e. The summed E-state index contributed by atoms with van der Waals surface area (Å²) in [5.74, 6) is -0.760. The summed E-state index contributed by atoms with van der Waals surface area (Å²) < 4.78 is 0. The Labute approximate surface area is 151 Å². The Kier molecular flexibility index (Phi) is 5.43. The van der Waals surface area contributed by atoms with Crippen molar-refractivity contribution in [3.05, 3.63) is 89.0 Å². The summed E-state index contributed by atoms with van der Waals surface area (Å²) in [5, 5.41) is 5.58. The summed E-state index contributed by atoms with van der Waals surface area (Å²) in [4.78, 5) is 31.5. The van der Waals surface area contributed by atoms with Gasteiger partial charge in [-0.15, -0.1) is 0 Å². The molecule has 0 aliphatic heterocycles. The van der Waals surface area contributed by atoms with Crippen molar-refractivity contribution in [2.24, 2.45) is 0 Å². The lowest BCUT2D eigenvalue weighted by Gasteiger charge is -2.07. The number of aromatic amines is 1. The number of nitrogens with zero attached hydrogens (tertiary/aromatic N) is 1. The van der Waals surface area contributed by atoms with Gasteiger partial charge in [-0.3, -0.25) is 9.59 Å². The zero-order valence-electron chi connectivity index (χ0n) is 14.5. The predicted octanol–water partition coefficient (Wildman–Crippen LogP) is 2.58. The van der Waals surface area contributed by atoms with E-state index in [0.29, 0.717) is 13.1 Å². The molecule has 26 heavy (non-hydrogen) atoms. The number of aromatic nitrogens is 2. The minimum Gasteiger partial charge on any atom is -0.347 e. The van der Waals surface area contributed by atoms with Gasteiger partial charge in [0.05, 0.1) is 6.33 Å².